The summed E-state index contributed by atoms with van der Waals surface area (Å²) in [5.74, 6) is 0. The zero-order valence-electron chi connectivity index (χ0n) is 9.89. The van der Waals surface area contributed by atoms with Crippen molar-refractivity contribution in [1.82, 2.24) is 14.3 Å². The minimum atomic E-state index is -0.201. The molecule has 0 N–H and O–H groups in total. The summed E-state index contributed by atoms with van der Waals surface area (Å²) in [7, 11) is 5.79. The molecule has 4 nitrogen and oxygen atoms in total. The van der Waals surface area contributed by atoms with Gasteiger partial charge >= 0.3 is 5.69 Å². The minimum absolute atomic E-state index is 0.201. The second-order valence-electron chi connectivity index (χ2n) is 4.50. The van der Waals surface area contributed by atoms with E-state index in [2.05, 4.69) is 18.8 Å². The maximum Gasteiger partial charge on any atom is 0.393 e. The molecule has 0 aromatic carbocycles. The van der Waals surface area contributed by atoms with E-state index >= 15 is 0 Å². The molecule has 0 aliphatic heterocycles. The average molecular weight is 228 g/mol. The van der Waals surface area contributed by atoms with Gasteiger partial charge in [0.2, 0.25) is 0 Å². The average Bonchev–Trinajstić information content (AvgIpc) is 1.99. The van der Waals surface area contributed by atoms with Gasteiger partial charge in [0.15, 0.2) is 0 Å². The Bertz CT molecular complexity index is 392. The standard InChI is InChI=1S/C10H18N3OS/c1-8(2)15-9-6-7-12(10(14)11-9)13(3,4)5/h6-8H,1-5H3/q+1. The molecule has 0 atom stereocenters. The van der Waals surface area contributed by atoms with E-state index in [9.17, 15) is 4.79 Å². The number of hydrogen-bond donors (Lipinski definition) is 0. The van der Waals surface area contributed by atoms with Crippen LogP contribution < -0.4 is 10.3 Å². The quantitative estimate of drug-likeness (QED) is 0.441. The van der Waals surface area contributed by atoms with E-state index in [1.807, 2.05) is 27.2 Å². The number of nitrogens with zero attached hydrogens (tertiary/aromatic N) is 3. The molecule has 0 bridgehead atoms. The number of hydrogen-bond acceptors (Lipinski definition) is 3. The molecule has 84 valence electrons. The first-order chi connectivity index (χ1) is 6.80. The summed E-state index contributed by atoms with van der Waals surface area (Å²) in [5.41, 5.74) is -0.201. The van der Waals surface area contributed by atoms with Crippen molar-refractivity contribution in [2.24, 2.45) is 0 Å². The Morgan fingerprint density at radius 1 is 1.40 bits per heavy atom. The molecule has 1 rings (SSSR count). The van der Waals surface area contributed by atoms with Crippen LogP contribution in [0.2, 0.25) is 0 Å². The molecule has 0 unspecified atom stereocenters. The van der Waals surface area contributed by atoms with Crippen LogP contribution in [0.15, 0.2) is 22.1 Å². The first-order valence-electron chi connectivity index (χ1n) is 4.89. The molecular weight excluding hydrogens is 210 g/mol. The predicted octanol–water partition coefficient (Wildman–Crippen LogP) is 1.07. The van der Waals surface area contributed by atoms with Crippen molar-refractivity contribution in [1.29, 1.82) is 0 Å². The Labute approximate surface area is 94.5 Å². The van der Waals surface area contributed by atoms with Crippen molar-refractivity contribution in [3.63, 3.8) is 0 Å². The van der Waals surface area contributed by atoms with E-state index in [-0.39, 0.29) is 5.69 Å². The lowest BCUT2D eigenvalue weighted by molar-refractivity contribution is 0.243. The molecule has 1 aromatic rings. The summed E-state index contributed by atoms with van der Waals surface area (Å²) >= 11 is 1.60. The van der Waals surface area contributed by atoms with Crippen LogP contribution >= 0.6 is 11.8 Å². The van der Waals surface area contributed by atoms with Gasteiger partial charge in [-0.05, 0) is 6.07 Å². The number of aromatic nitrogens is 2. The van der Waals surface area contributed by atoms with E-state index in [1.54, 1.807) is 22.6 Å². The highest BCUT2D eigenvalue weighted by Gasteiger charge is 2.13. The summed E-state index contributed by atoms with van der Waals surface area (Å²) in [5, 5.41) is 1.23. The highest BCUT2D eigenvalue weighted by atomic mass is 32.2. The fraction of sp³-hybridized carbons (Fsp3) is 0.600. The van der Waals surface area contributed by atoms with Crippen LogP contribution in [0.1, 0.15) is 13.8 Å². The fourth-order valence-corrected chi connectivity index (χ4v) is 1.90. The van der Waals surface area contributed by atoms with Gasteiger partial charge in [-0.1, -0.05) is 13.8 Å². The molecule has 15 heavy (non-hydrogen) atoms. The van der Waals surface area contributed by atoms with Gasteiger partial charge in [-0.25, -0.2) is 9.39 Å². The van der Waals surface area contributed by atoms with Crippen molar-refractivity contribution in [2.75, 3.05) is 21.1 Å². The largest absolute Gasteiger partial charge is 0.393 e. The SMILES string of the molecule is CC(C)Sc1ccn([N+](C)(C)C)c(=O)n1. The molecule has 0 saturated carbocycles. The molecule has 1 heterocycles. The molecule has 0 aliphatic carbocycles. The molecule has 0 amide bonds. The van der Waals surface area contributed by atoms with E-state index in [0.717, 1.165) is 5.03 Å². The zero-order valence-corrected chi connectivity index (χ0v) is 10.7. The Morgan fingerprint density at radius 2 is 2.00 bits per heavy atom. The predicted molar refractivity (Wildman–Crippen MR) is 64.8 cm³/mol. The lowest BCUT2D eigenvalue weighted by Gasteiger charge is -2.24. The van der Waals surface area contributed by atoms with Gasteiger partial charge in [-0.2, -0.15) is 4.98 Å². The zero-order chi connectivity index (χ0) is 11.6. The fourth-order valence-electron chi connectivity index (χ4n) is 1.14. The lowest BCUT2D eigenvalue weighted by atomic mass is 10.6. The number of quaternary nitrogens is 1. The molecule has 0 saturated heterocycles. The van der Waals surface area contributed by atoms with Crippen LogP contribution in [-0.4, -0.2) is 36.1 Å². The normalized spacial score (nSPS) is 12.1. The first kappa shape index (κ1) is 12.3. The monoisotopic (exact) mass is 228 g/mol. The van der Waals surface area contributed by atoms with Gasteiger partial charge in [0.25, 0.3) is 0 Å². The molecular formula is C10H18N3OS+. The summed E-state index contributed by atoms with van der Waals surface area (Å²) < 4.78 is 2.02. The maximum absolute atomic E-state index is 11.7. The summed E-state index contributed by atoms with van der Waals surface area (Å²) in [6.45, 7) is 4.16. The number of thioether (sulfide) groups is 1. The number of rotatable bonds is 3. The topological polar surface area (TPSA) is 34.9 Å². The molecule has 0 spiro atoms. The molecule has 0 radical (unpaired) electrons. The van der Waals surface area contributed by atoms with E-state index in [1.165, 1.54) is 0 Å². The Balaban J connectivity index is 3.04. The van der Waals surface area contributed by atoms with Crippen LogP contribution in [0.4, 0.5) is 0 Å². The highest BCUT2D eigenvalue weighted by molar-refractivity contribution is 7.99. The Hall–Kier alpha value is -0.810. The third kappa shape index (κ3) is 3.35. The molecule has 5 heteroatoms. The first-order valence-corrected chi connectivity index (χ1v) is 5.77. The van der Waals surface area contributed by atoms with Gasteiger partial charge in [-0.3, -0.25) is 0 Å². The Morgan fingerprint density at radius 3 is 2.40 bits per heavy atom. The molecule has 1 aromatic heterocycles. The third-order valence-corrected chi connectivity index (χ3v) is 2.70. The van der Waals surface area contributed by atoms with Crippen LogP contribution in [0.5, 0.6) is 0 Å². The van der Waals surface area contributed by atoms with Crippen molar-refractivity contribution in [3.05, 3.63) is 22.7 Å². The Kier molecular flexibility index (Phi) is 3.57. The smallest absolute Gasteiger partial charge is 0.241 e. The summed E-state index contributed by atoms with van der Waals surface area (Å²) in [6, 6.07) is 1.88. The van der Waals surface area contributed by atoms with Crippen molar-refractivity contribution in [3.8, 4) is 0 Å². The third-order valence-electron chi connectivity index (χ3n) is 1.76. The van der Waals surface area contributed by atoms with Gasteiger partial charge in [0.1, 0.15) is 5.03 Å². The molecule has 0 aliphatic rings. The maximum atomic E-state index is 11.7. The van der Waals surface area contributed by atoms with Gasteiger partial charge in [-0.15, -0.1) is 16.4 Å². The summed E-state index contributed by atoms with van der Waals surface area (Å²) in [4.78, 5) is 15.7. The van der Waals surface area contributed by atoms with Crippen LogP contribution in [0.25, 0.3) is 0 Å². The van der Waals surface area contributed by atoms with Crippen LogP contribution in [-0.2, 0) is 0 Å². The van der Waals surface area contributed by atoms with Crippen molar-refractivity contribution in [2.45, 2.75) is 24.1 Å². The molecule has 0 fully saturated rings. The van der Waals surface area contributed by atoms with Gasteiger partial charge < -0.3 is 0 Å². The van der Waals surface area contributed by atoms with Crippen molar-refractivity contribution >= 4 is 11.8 Å². The lowest BCUT2D eigenvalue weighted by Crippen LogP contribution is -2.52. The second-order valence-corrected chi connectivity index (χ2v) is 6.10. The van der Waals surface area contributed by atoms with Crippen LogP contribution in [0.3, 0.4) is 0 Å². The van der Waals surface area contributed by atoms with Gasteiger partial charge in [0.05, 0.1) is 27.3 Å². The minimum Gasteiger partial charge on any atom is -0.241 e. The highest BCUT2D eigenvalue weighted by Crippen LogP contribution is 2.18. The van der Waals surface area contributed by atoms with Crippen LogP contribution in [0, 0.1) is 0 Å². The van der Waals surface area contributed by atoms with Gasteiger partial charge in [0, 0.05) is 5.25 Å². The second kappa shape index (κ2) is 4.37. The summed E-state index contributed by atoms with van der Waals surface area (Å²) in [6.07, 6.45) is 1.79. The van der Waals surface area contributed by atoms with Crippen molar-refractivity contribution < 1.29 is 0 Å². The van der Waals surface area contributed by atoms with E-state index in [0.29, 0.717) is 9.84 Å². The van der Waals surface area contributed by atoms with E-state index in [4.69, 9.17) is 0 Å². The van der Waals surface area contributed by atoms with E-state index < -0.39 is 0 Å².